The number of fused-ring (bicyclic) bond motifs is 1. The van der Waals surface area contributed by atoms with E-state index < -0.39 is 0 Å². The van der Waals surface area contributed by atoms with Gasteiger partial charge >= 0.3 is 0 Å². The summed E-state index contributed by atoms with van der Waals surface area (Å²) in [7, 11) is 3.66. The van der Waals surface area contributed by atoms with Gasteiger partial charge in [0.2, 0.25) is 0 Å². The molecule has 0 bridgehead atoms. The zero-order valence-electron chi connectivity index (χ0n) is 11.8. The second-order valence-electron chi connectivity index (χ2n) is 4.88. The van der Waals surface area contributed by atoms with E-state index in [1.165, 1.54) is 4.40 Å². The van der Waals surface area contributed by atoms with Crippen molar-refractivity contribution >= 4 is 17.2 Å². The molecule has 2 heterocycles. The maximum atomic E-state index is 12.0. The van der Waals surface area contributed by atoms with E-state index in [0.717, 1.165) is 5.69 Å². The molecular weight excluding hydrogens is 278 g/mol. The zero-order chi connectivity index (χ0) is 14.7. The first-order chi connectivity index (χ1) is 9.51. The molecule has 1 unspecified atom stereocenters. The van der Waals surface area contributed by atoms with Gasteiger partial charge in [-0.15, -0.1) is 0 Å². The molecular formula is C14H18ClN3O2. The number of pyridine rings is 1. The van der Waals surface area contributed by atoms with Crippen LogP contribution in [0.25, 0.3) is 5.65 Å². The van der Waals surface area contributed by atoms with Gasteiger partial charge in [0.05, 0.1) is 17.3 Å². The molecule has 0 spiro atoms. The first-order valence-electron chi connectivity index (χ1n) is 6.38. The molecule has 0 aliphatic rings. The number of nitrogens with zero attached hydrogens (tertiary/aromatic N) is 3. The van der Waals surface area contributed by atoms with E-state index in [4.69, 9.17) is 16.3 Å². The highest BCUT2D eigenvalue weighted by Crippen LogP contribution is 2.09. The van der Waals surface area contributed by atoms with E-state index in [-0.39, 0.29) is 11.6 Å². The number of hydrogen-bond donors (Lipinski definition) is 0. The van der Waals surface area contributed by atoms with Gasteiger partial charge < -0.3 is 4.74 Å². The summed E-state index contributed by atoms with van der Waals surface area (Å²) < 4.78 is 6.58. The normalized spacial score (nSPS) is 13.1. The molecule has 2 aromatic heterocycles. The molecule has 20 heavy (non-hydrogen) atoms. The SMILES string of the molecule is COCC(C)N(C)Cc1cc(=O)n2cc(Cl)ccc2n1. The van der Waals surface area contributed by atoms with Crippen LogP contribution in [-0.2, 0) is 11.3 Å². The van der Waals surface area contributed by atoms with Crippen LogP contribution >= 0.6 is 11.6 Å². The summed E-state index contributed by atoms with van der Waals surface area (Å²) in [6.07, 6.45) is 1.58. The fraction of sp³-hybridized carbons (Fsp3) is 0.429. The molecule has 0 aromatic carbocycles. The summed E-state index contributed by atoms with van der Waals surface area (Å²) in [5, 5.41) is 0.514. The molecule has 0 N–H and O–H groups in total. The molecule has 2 aromatic rings. The second-order valence-corrected chi connectivity index (χ2v) is 5.32. The molecule has 0 aliphatic heterocycles. The molecule has 0 radical (unpaired) electrons. The first kappa shape index (κ1) is 15.0. The predicted octanol–water partition coefficient (Wildman–Crippen LogP) is 1.81. The summed E-state index contributed by atoms with van der Waals surface area (Å²) in [5.74, 6) is 0. The van der Waals surface area contributed by atoms with Crippen LogP contribution in [0, 0.1) is 0 Å². The third-order valence-electron chi connectivity index (χ3n) is 3.25. The lowest BCUT2D eigenvalue weighted by Crippen LogP contribution is -2.33. The van der Waals surface area contributed by atoms with Crippen molar-refractivity contribution < 1.29 is 4.74 Å². The monoisotopic (exact) mass is 295 g/mol. The maximum absolute atomic E-state index is 12.0. The fourth-order valence-corrected chi connectivity index (χ4v) is 2.15. The van der Waals surface area contributed by atoms with Gasteiger partial charge in [-0.3, -0.25) is 14.1 Å². The van der Waals surface area contributed by atoms with E-state index in [1.807, 2.05) is 7.05 Å². The smallest absolute Gasteiger partial charge is 0.258 e. The molecule has 5 nitrogen and oxygen atoms in total. The number of rotatable bonds is 5. The lowest BCUT2D eigenvalue weighted by Gasteiger charge is -2.23. The summed E-state index contributed by atoms with van der Waals surface area (Å²) in [6, 6.07) is 5.26. The first-order valence-corrected chi connectivity index (χ1v) is 6.76. The molecule has 0 saturated heterocycles. The predicted molar refractivity (Wildman–Crippen MR) is 79.3 cm³/mol. The van der Waals surface area contributed by atoms with Gasteiger partial charge in [0.25, 0.3) is 5.56 Å². The minimum absolute atomic E-state index is 0.125. The van der Waals surface area contributed by atoms with Crippen molar-refractivity contribution in [2.24, 2.45) is 0 Å². The van der Waals surface area contributed by atoms with Gasteiger partial charge in [-0.1, -0.05) is 11.6 Å². The molecule has 0 amide bonds. The van der Waals surface area contributed by atoms with Crippen LogP contribution in [0.4, 0.5) is 0 Å². The van der Waals surface area contributed by atoms with Gasteiger partial charge in [-0.05, 0) is 26.1 Å². The van der Waals surface area contributed by atoms with Crippen LogP contribution in [0.15, 0.2) is 29.2 Å². The van der Waals surface area contributed by atoms with Crippen molar-refractivity contribution in [3.05, 3.63) is 45.5 Å². The third kappa shape index (κ3) is 3.36. The summed E-state index contributed by atoms with van der Waals surface area (Å²) in [6.45, 7) is 3.30. The van der Waals surface area contributed by atoms with Crippen LogP contribution in [0.2, 0.25) is 5.02 Å². The van der Waals surface area contributed by atoms with Gasteiger partial charge in [0, 0.05) is 32.0 Å². The highest BCUT2D eigenvalue weighted by Gasteiger charge is 2.11. The Kier molecular flexibility index (Phi) is 4.75. The number of ether oxygens (including phenoxy) is 1. The minimum Gasteiger partial charge on any atom is -0.383 e. The van der Waals surface area contributed by atoms with E-state index in [9.17, 15) is 4.79 Å². The highest BCUT2D eigenvalue weighted by molar-refractivity contribution is 6.30. The van der Waals surface area contributed by atoms with E-state index >= 15 is 0 Å². The van der Waals surface area contributed by atoms with Crippen LogP contribution < -0.4 is 5.56 Å². The maximum Gasteiger partial charge on any atom is 0.258 e. The highest BCUT2D eigenvalue weighted by atomic mass is 35.5. The summed E-state index contributed by atoms with van der Waals surface area (Å²) in [5.41, 5.74) is 1.22. The average molecular weight is 296 g/mol. The van der Waals surface area contributed by atoms with Gasteiger partial charge in [0.1, 0.15) is 5.65 Å². The Morgan fingerprint density at radius 1 is 1.50 bits per heavy atom. The Bertz CT molecular complexity index is 656. The van der Waals surface area contributed by atoms with Crippen molar-refractivity contribution in [2.75, 3.05) is 20.8 Å². The molecule has 6 heteroatoms. The number of hydrogen-bond acceptors (Lipinski definition) is 4. The number of aromatic nitrogens is 2. The van der Waals surface area contributed by atoms with Gasteiger partial charge in [-0.25, -0.2) is 4.98 Å². The Balaban J connectivity index is 2.28. The summed E-state index contributed by atoms with van der Waals surface area (Å²) in [4.78, 5) is 18.6. The van der Waals surface area contributed by atoms with Crippen molar-refractivity contribution in [3.8, 4) is 0 Å². The molecule has 0 saturated carbocycles. The summed E-state index contributed by atoms with van der Waals surface area (Å²) >= 11 is 5.88. The van der Waals surface area contributed by atoms with Crippen molar-refractivity contribution in [1.82, 2.24) is 14.3 Å². The zero-order valence-corrected chi connectivity index (χ0v) is 12.6. The van der Waals surface area contributed by atoms with Crippen LogP contribution in [0.5, 0.6) is 0 Å². The Morgan fingerprint density at radius 2 is 2.25 bits per heavy atom. The van der Waals surface area contributed by atoms with Crippen molar-refractivity contribution in [1.29, 1.82) is 0 Å². The van der Waals surface area contributed by atoms with E-state index in [2.05, 4.69) is 16.8 Å². The van der Waals surface area contributed by atoms with Gasteiger partial charge in [-0.2, -0.15) is 0 Å². The largest absolute Gasteiger partial charge is 0.383 e. The van der Waals surface area contributed by atoms with Crippen molar-refractivity contribution in [3.63, 3.8) is 0 Å². The lowest BCUT2D eigenvalue weighted by atomic mass is 10.3. The van der Waals surface area contributed by atoms with Gasteiger partial charge in [0.15, 0.2) is 0 Å². The van der Waals surface area contributed by atoms with Crippen LogP contribution in [0.3, 0.4) is 0 Å². The average Bonchev–Trinajstić information content (AvgIpc) is 2.40. The fourth-order valence-electron chi connectivity index (χ4n) is 1.99. The topological polar surface area (TPSA) is 46.8 Å². The van der Waals surface area contributed by atoms with Crippen molar-refractivity contribution in [2.45, 2.75) is 19.5 Å². The van der Waals surface area contributed by atoms with Crippen LogP contribution in [-0.4, -0.2) is 41.1 Å². The van der Waals surface area contributed by atoms with E-state index in [0.29, 0.717) is 23.8 Å². The Hall–Kier alpha value is -1.43. The third-order valence-corrected chi connectivity index (χ3v) is 3.47. The standard InChI is InChI=1S/C14H18ClN3O2/c1-10(9-20-3)17(2)8-12-6-14(19)18-7-11(15)4-5-13(18)16-12/h4-7,10H,8-9H2,1-3H3. The van der Waals surface area contributed by atoms with Crippen LogP contribution in [0.1, 0.15) is 12.6 Å². The molecule has 2 rings (SSSR count). The number of methoxy groups -OCH3 is 1. The number of halogens is 1. The molecule has 0 aliphatic carbocycles. The second kappa shape index (κ2) is 6.35. The Labute approximate surface area is 122 Å². The molecule has 1 atom stereocenters. The molecule has 108 valence electrons. The van der Waals surface area contributed by atoms with E-state index in [1.54, 1.807) is 31.5 Å². The minimum atomic E-state index is -0.125. The quantitative estimate of drug-likeness (QED) is 0.844. The lowest BCUT2D eigenvalue weighted by molar-refractivity contribution is 0.111. The Morgan fingerprint density at radius 3 is 2.95 bits per heavy atom. The molecule has 0 fully saturated rings. The number of likely N-dealkylation sites (N-methyl/N-ethyl adjacent to an activating group) is 1.